The molecule has 0 atom stereocenters. The first-order chi connectivity index (χ1) is 14.3. The van der Waals surface area contributed by atoms with E-state index in [-0.39, 0.29) is 22.9 Å². The number of phenols is 1. The summed E-state index contributed by atoms with van der Waals surface area (Å²) in [5.74, 6) is -0.792. The average molecular weight is 491 g/mol. The number of phenolic OH excluding ortho intramolecular Hbond substituents is 1. The zero-order valence-corrected chi connectivity index (χ0v) is 18.7. The van der Waals surface area contributed by atoms with Gasteiger partial charge in [-0.25, -0.2) is 0 Å². The van der Waals surface area contributed by atoms with Gasteiger partial charge in [0.1, 0.15) is 6.54 Å². The Kier molecular flexibility index (Phi) is 6.84. The van der Waals surface area contributed by atoms with Gasteiger partial charge in [0.15, 0.2) is 11.5 Å². The number of carbonyl (C=O) groups excluding carboxylic acids is 3. The van der Waals surface area contributed by atoms with Gasteiger partial charge in [-0.3, -0.25) is 19.3 Å². The van der Waals surface area contributed by atoms with Crippen LogP contribution in [-0.2, 0) is 9.59 Å². The van der Waals surface area contributed by atoms with Crippen molar-refractivity contribution in [3.63, 3.8) is 0 Å². The number of carbonyl (C=O) groups is 3. The summed E-state index contributed by atoms with van der Waals surface area (Å²) in [6, 6.07) is 10.2. The number of anilines is 1. The number of ether oxygens (including phenoxy) is 1. The van der Waals surface area contributed by atoms with Crippen molar-refractivity contribution in [2.45, 2.75) is 13.8 Å². The second-order valence-corrected chi connectivity index (χ2v) is 8.30. The molecule has 0 bridgehead atoms. The molecule has 156 valence electrons. The van der Waals surface area contributed by atoms with Crippen molar-refractivity contribution in [1.29, 1.82) is 0 Å². The van der Waals surface area contributed by atoms with Crippen LogP contribution < -0.4 is 10.1 Å². The number of thioether (sulfide) groups is 1. The normalized spacial score (nSPS) is 15.0. The van der Waals surface area contributed by atoms with Crippen LogP contribution in [0.4, 0.5) is 10.5 Å². The molecule has 2 N–H and O–H groups in total. The van der Waals surface area contributed by atoms with Gasteiger partial charge in [0.05, 0.1) is 11.5 Å². The molecule has 2 aromatic carbocycles. The van der Waals surface area contributed by atoms with E-state index in [2.05, 4.69) is 21.2 Å². The van der Waals surface area contributed by atoms with Crippen molar-refractivity contribution in [2.75, 3.05) is 18.5 Å². The van der Waals surface area contributed by atoms with Crippen LogP contribution in [0.25, 0.3) is 6.08 Å². The number of amides is 3. The van der Waals surface area contributed by atoms with Gasteiger partial charge in [-0.2, -0.15) is 0 Å². The van der Waals surface area contributed by atoms with Gasteiger partial charge in [-0.1, -0.05) is 33.6 Å². The second kappa shape index (κ2) is 9.36. The molecule has 0 saturated carbocycles. The highest BCUT2D eigenvalue weighted by molar-refractivity contribution is 9.10. The molecule has 3 rings (SSSR count). The number of hydrogen-bond donors (Lipinski definition) is 2. The Morgan fingerprint density at radius 2 is 1.97 bits per heavy atom. The Hall–Kier alpha value is -2.78. The first-order valence-electron chi connectivity index (χ1n) is 9.05. The Bertz CT molecular complexity index is 1040. The third kappa shape index (κ3) is 5.03. The maximum absolute atomic E-state index is 12.7. The number of nitrogens with zero attached hydrogens (tertiary/aromatic N) is 1. The third-order valence-corrected chi connectivity index (χ3v) is 5.77. The van der Waals surface area contributed by atoms with E-state index in [1.807, 2.05) is 19.1 Å². The highest BCUT2D eigenvalue weighted by atomic mass is 79.9. The van der Waals surface area contributed by atoms with Crippen molar-refractivity contribution in [3.05, 3.63) is 56.9 Å². The van der Waals surface area contributed by atoms with E-state index in [0.29, 0.717) is 22.3 Å². The molecule has 1 fully saturated rings. The lowest BCUT2D eigenvalue weighted by atomic mass is 10.2. The minimum Gasteiger partial charge on any atom is -0.504 e. The summed E-state index contributed by atoms with van der Waals surface area (Å²) in [4.78, 5) is 38.3. The van der Waals surface area contributed by atoms with E-state index in [1.165, 1.54) is 12.1 Å². The molecule has 1 saturated heterocycles. The summed E-state index contributed by atoms with van der Waals surface area (Å²) < 4.78 is 5.89. The molecular formula is C21H19BrN2O5S. The molecule has 0 radical (unpaired) electrons. The molecule has 9 heteroatoms. The lowest BCUT2D eigenvalue weighted by Crippen LogP contribution is -2.36. The van der Waals surface area contributed by atoms with Crippen LogP contribution in [-0.4, -0.2) is 40.2 Å². The van der Waals surface area contributed by atoms with Crippen LogP contribution in [0.5, 0.6) is 11.5 Å². The number of hydrogen-bond acceptors (Lipinski definition) is 6. The van der Waals surface area contributed by atoms with E-state index >= 15 is 0 Å². The van der Waals surface area contributed by atoms with Crippen molar-refractivity contribution in [1.82, 2.24) is 4.90 Å². The number of aromatic hydroxyl groups is 1. The topological polar surface area (TPSA) is 95.9 Å². The molecule has 1 aliphatic rings. The van der Waals surface area contributed by atoms with Crippen molar-refractivity contribution in [2.24, 2.45) is 0 Å². The lowest BCUT2D eigenvalue weighted by Gasteiger charge is -2.12. The number of halogens is 1. The Labute approximate surface area is 186 Å². The lowest BCUT2D eigenvalue weighted by molar-refractivity contribution is -0.127. The van der Waals surface area contributed by atoms with E-state index in [9.17, 15) is 19.5 Å². The summed E-state index contributed by atoms with van der Waals surface area (Å²) in [6.45, 7) is 3.70. The van der Waals surface area contributed by atoms with Gasteiger partial charge < -0.3 is 15.2 Å². The fourth-order valence-electron chi connectivity index (χ4n) is 2.70. The molecule has 1 heterocycles. The monoisotopic (exact) mass is 490 g/mol. The van der Waals surface area contributed by atoms with E-state index in [0.717, 1.165) is 22.2 Å². The van der Waals surface area contributed by atoms with Crippen LogP contribution >= 0.6 is 27.7 Å². The molecule has 30 heavy (non-hydrogen) atoms. The largest absolute Gasteiger partial charge is 0.504 e. The number of aryl methyl sites for hydroxylation is 1. The van der Waals surface area contributed by atoms with Crippen molar-refractivity contribution < 1.29 is 24.2 Å². The Morgan fingerprint density at radius 1 is 1.27 bits per heavy atom. The van der Waals surface area contributed by atoms with Crippen molar-refractivity contribution in [3.8, 4) is 11.5 Å². The fraction of sp³-hybridized carbons (Fsp3) is 0.190. The van der Waals surface area contributed by atoms with Crippen LogP contribution in [0.2, 0.25) is 0 Å². The summed E-state index contributed by atoms with van der Waals surface area (Å²) >= 11 is 4.08. The molecule has 0 aromatic heterocycles. The number of benzene rings is 2. The minimum atomic E-state index is -0.554. The zero-order valence-electron chi connectivity index (χ0n) is 16.3. The zero-order chi connectivity index (χ0) is 21.8. The van der Waals surface area contributed by atoms with E-state index in [4.69, 9.17) is 4.74 Å². The molecule has 2 aromatic rings. The maximum atomic E-state index is 12.7. The quantitative estimate of drug-likeness (QED) is 0.577. The molecule has 0 spiro atoms. The summed E-state index contributed by atoms with van der Waals surface area (Å²) in [6.07, 6.45) is 1.52. The van der Waals surface area contributed by atoms with Crippen LogP contribution in [0, 0.1) is 6.92 Å². The second-order valence-electron chi connectivity index (χ2n) is 6.46. The van der Waals surface area contributed by atoms with E-state index < -0.39 is 17.1 Å². The first kappa shape index (κ1) is 21.9. The van der Waals surface area contributed by atoms with Crippen LogP contribution in [0.15, 0.2) is 45.8 Å². The summed E-state index contributed by atoms with van der Waals surface area (Å²) in [5, 5.41) is 12.1. The van der Waals surface area contributed by atoms with Crippen LogP contribution in [0.1, 0.15) is 18.1 Å². The standard InChI is InChI=1S/C21H19BrN2O5S/c1-3-29-17-8-13(15(22)10-16(17)25)9-18-20(27)24(21(28)30-18)11-19(26)23-14-6-4-12(2)5-7-14/h4-10,25H,3,11H2,1-2H3,(H,23,26). The van der Waals surface area contributed by atoms with Crippen molar-refractivity contribution >= 4 is 56.5 Å². The molecule has 0 aliphatic carbocycles. The Balaban J connectivity index is 1.75. The molecule has 1 aliphatic heterocycles. The van der Waals surface area contributed by atoms with E-state index in [1.54, 1.807) is 25.1 Å². The Morgan fingerprint density at radius 3 is 2.63 bits per heavy atom. The number of imide groups is 1. The summed E-state index contributed by atoms with van der Waals surface area (Å²) in [7, 11) is 0. The van der Waals surface area contributed by atoms with Gasteiger partial charge in [0.2, 0.25) is 5.91 Å². The predicted molar refractivity (Wildman–Crippen MR) is 119 cm³/mol. The van der Waals surface area contributed by atoms with Gasteiger partial charge in [0, 0.05) is 10.2 Å². The number of rotatable bonds is 6. The van der Waals surface area contributed by atoms with Gasteiger partial charge >= 0.3 is 0 Å². The average Bonchev–Trinajstić information content (AvgIpc) is 2.95. The summed E-state index contributed by atoms with van der Waals surface area (Å²) in [5.41, 5.74) is 2.20. The molecule has 3 amide bonds. The highest BCUT2D eigenvalue weighted by Crippen LogP contribution is 2.37. The first-order valence-corrected chi connectivity index (χ1v) is 10.7. The molecular weight excluding hydrogens is 472 g/mol. The van der Waals surface area contributed by atoms with Gasteiger partial charge in [-0.05, 0) is 61.5 Å². The highest BCUT2D eigenvalue weighted by Gasteiger charge is 2.36. The predicted octanol–water partition coefficient (Wildman–Crippen LogP) is 4.54. The van der Waals surface area contributed by atoms with Crippen LogP contribution in [0.3, 0.4) is 0 Å². The SMILES string of the molecule is CCOc1cc(C=C2SC(=O)N(CC(=O)Nc3ccc(C)cc3)C2=O)c(Br)cc1O. The fourth-order valence-corrected chi connectivity index (χ4v) is 3.97. The minimum absolute atomic E-state index is 0.0400. The molecule has 0 unspecified atom stereocenters. The smallest absolute Gasteiger partial charge is 0.294 e. The van der Waals surface area contributed by atoms with Gasteiger partial charge in [-0.15, -0.1) is 0 Å². The molecule has 7 nitrogen and oxygen atoms in total. The van der Waals surface area contributed by atoms with Gasteiger partial charge in [0.25, 0.3) is 11.1 Å². The third-order valence-electron chi connectivity index (χ3n) is 4.18. The maximum Gasteiger partial charge on any atom is 0.294 e. The number of nitrogens with one attached hydrogen (secondary N) is 1.